The summed E-state index contributed by atoms with van der Waals surface area (Å²) in [6, 6.07) is 9.54. The number of carbonyl (C=O) groups is 2. The molecular formula is C23H32N2O4. The van der Waals surface area contributed by atoms with Crippen LogP contribution in [0, 0.1) is 5.92 Å². The van der Waals surface area contributed by atoms with Gasteiger partial charge in [-0.1, -0.05) is 44.2 Å². The lowest BCUT2D eigenvalue weighted by atomic mass is 9.82. The molecule has 158 valence electrons. The Morgan fingerprint density at radius 1 is 1.17 bits per heavy atom. The topological polar surface area (TPSA) is 59.1 Å². The van der Waals surface area contributed by atoms with Crippen LogP contribution in [0.4, 0.5) is 0 Å². The van der Waals surface area contributed by atoms with Crippen molar-refractivity contribution >= 4 is 11.9 Å². The highest BCUT2D eigenvalue weighted by molar-refractivity contribution is 5.89. The van der Waals surface area contributed by atoms with Crippen molar-refractivity contribution in [3.8, 4) is 0 Å². The number of piperidine rings is 1. The molecule has 6 heteroatoms. The highest BCUT2D eigenvalue weighted by Gasteiger charge is 2.56. The van der Waals surface area contributed by atoms with E-state index in [9.17, 15) is 9.59 Å². The number of hydrogen-bond donors (Lipinski definition) is 0. The molecule has 0 unspecified atom stereocenters. The summed E-state index contributed by atoms with van der Waals surface area (Å²) in [7, 11) is 0. The summed E-state index contributed by atoms with van der Waals surface area (Å²) < 4.78 is 11.0. The molecule has 0 aromatic heterocycles. The third-order valence-electron chi connectivity index (χ3n) is 6.68. The van der Waals surface area contributed by atoms with Crippen LogP contribution in [0.15, 0.2) is 30.3 Å². The minimum Gasteiger partial charge on any atom is -0.460 e. The van der Waals surface area contributed by atoms with E-state index in [0.29, 0.717) is 13.2 Å². The lowest BCUT2D eigenvalue weighted by Crippen LogP contribution is -2.67. The van der Waals surface area contributed by atoms with Crippen LogP contribution in [0.2, 0.25) is 0 Å². The third kappa shape index (κ3) is 3.80. The molecule has 3 fully saturated rings. The summed E-state index contributed by atoms with van der Waals surface area (Å²) >= 11 is 0. The largest absolute Gasteiger partial charge is 0.460 e. The summed E-state index contributed by atoms with van der Waals surface area (Å²) in [5.41, 5.74) is 0.415. The molecule has 1 aromatic carbocycles. The highest BCUT2D eigenvalue weighted by atomic mass is 16.5. The van der Waals surface area contributed by atoms with Crippen molar-refractivity contribution in [2.75, 3.05) is 26.3 Å². The Labute approximate surface area is 173 Å². The molecule has 0 radical (unpaired) electrons. The standard InChI is InChI=1S/C23H32N2O4/c1-17(2)20(21(26)29-14-18-8-4-3-5-9-18)25-13-7-11-23(25)10-6-12-24(22(23)27)19-15-28-16-19/h3-5,8-9,17,19-20H,6-7,10-16H2,1-2H3/t20-,23+/m0/s1. The highest BCUT2D eigenvalue weighted by Crippen LogP contribution is 2.42. The van der Waals surface area contributed by atoms with Gasteiger partial charge in [-0.05, 0) is 37.2 Å². The number of ether oxygens (including phenoxy) is 2. The molecule has 3 aliphatic rings. The Morgan fingerprint density at radius 2 is 1.86 bits per heavy atom. The van der Waals surface area contributed by atoms with Gasteiger partial charge in [0, 0.05) is 13.1 Å². The minimum atomic E-state index is -0.561. The number of amides is 1. The molecule has 0 saturated carbocycles. The second-order valence-electron chi connectivity index (χ2n) is 8.90. The Bertz CT molecular complexity index is 734. The van der Waals surface area contributed by atoms with Gasteiger partial charge < -0.3 is 14.4 Å². The molecule has 2 atom stereocenters. The number of hydrogen-bond acceptors (Lipinski definition) is 5. The Balaban J connectivity index is 1.52. The predicted octanol–water partition coefficient (Wildman–Crippen LogP) is 2.61. The van der Waals surface area contributed by atoms with Gasteiger partial charge in [-0.15, -0.1) is 0 Å². The second-order valence-corrected chi connectivity index (χ2v) is 8.90. The van der Waals surface area contributed by atoms with E-state index in [-0.39, 0.29) is 30.4 Å². The molecular weight excluding hydrogens is 368 g/mol. The van der Waals surface area contributed by atoms with Crippen LogP contribution in [0.5, 0.6) is 0 Å². The SMILES string of the molecule is CC(C)[C@@H](C(=O)OCc1ccccc1)N1CCC[C@@]12CCCN(C1COC1)C2=O. The zero-order valence-corrected chi connectivity index (χ0v) is 17.5. The van der Waals surface area contributed by atoms with Crippen LogP contribution in [0.25, 0.3) is 0 Å². The van der Waals surface area contributed by atoms with E-state index in [0.717, 1.165) is 44.3 Å². The maximum Gasteiger partial charge on any atom is 0.323 e. The van der Waals surface area contributed by atoms with Gasteiger partial charge in [0.15, 0.2) is 0 Å². The summed E-state index contributed by atoms with van der Waals surface area (Å²) in [5, 5.41) is 0. The zero-order valence-electron chi connectivity index (χ0n) is 17.5. The fourth-order valence-electron chi connectivity index (χ4n) is 5.15. The quantitative estimate of drug-likeness (QED) is 0.687. The maximum atomic E-state index is 13.6. The van der Waals surface area contributed by atoms with Crippen molar-refractivity contribution in [3.63, 3.8) is 0 Å². The lowest BCUT2D eigenvalue weighted by Gasteiger charge is -2.50. The number of benzene rings is 1. The Kier molecular flexibility index (Phi) is 5.93. The van der Waals surface area contributed by atoms with Gasteiger partial charge >= 0.3 is 5.97 Å². The summed E-state index contributed by atoms with van der Waals surface area (Å²) in [6.45, 7) is 7.19. The Hall–Kier alpha value is -1.92. The summed E-state index contributed by atoms with van der Waals surface area (Å²) in [5.74, 6) is 0.0431. The van der Waals surface area contributed by atoms with Gasteiger partial charge in [-0.25, -0.2) is 0 Å². The van der Waals surface area contributed by atoms with E-state index >= 15 is 0 Å². The first kappa shape index (κ1) is 20.4. The fourth-order valence-corrected chi connectivity index (χ4v) is 5.15. The van der Waals surface area contributed by atoms with Crippen LogP contribution in [0.1, 0.15) is 45.1 Å². The monoisotopic (exact) mass is 400 g/mol. The van der Waals surface area contributed by atoms with Gasteiger partial charge in [0.2, 0.25) is 5.91 Å². The molecule has 0 N–H and O–H groups in total. The van der Waals surface area contributed by atoms with Gasteiger partial charge in [-0.3, -0.25) is 14.5 Å². The van der Waals surface area contributed by atoms with Gasteiger partial charge in [0.25, 0.3) is 0 Å². The van der Waals surface area contributed by atoms with Crippen molar-refractivity contribution in [2.24, 2.45) is 5.92 Å². The van der Waals surface area contributed by atoms with Gasteiger partial charge in [0.05, 0.1) is 19.3 Å². The molecule has 3 saturated heterocycles. The molecule has 29 heavy (non-hydrogen) atoms. The molecule has 6 nitrogen and oxygen atoms in total. The Morgan fingerprint density at radius 3 is 2.48 bits per heavy atom. The molecule has 1 spiro atoms. The average molecular weight is 401 g/mol. The van der Waals surface area contributed by atoms with E-state index in [1.54, 1.807) is 0 Å². The van der Waals surface area contributed by atoms with Crippen LogP contribution < -0.4 is 0 Å². The van der Waals surface area contributed by atoms with Crippen molar-refractivity contribution in [1.82, 2.24) is 9.80 Å². The smallest absolute Gasteiger partial charge is 0.323 e. The van der Waals surface area contributed by atoms with E-state index < -0.39 is 11.6 Å². The fraction of sp³-hybridized carbons (Fsp3) is 0.652. The predicted molar refractivity (Wildman–Crippen MR) is 109 cm³/mol. The molecule has 1 aromatic rings. The van der Waals surface area contributed by atoms with Crippen molar-refractivity contribution in [3.05, 3.63) is 35.9 Å². The first-order valence-electron chi connectivity index (χ1n) is 10.9. The number of esters is 1. The number of rotatable bonds is 6. The first-order valence-corrected chi connectivity index (χ1v) is 10.9. The molecule has 4 rings (SSSR count). The van der Waals surface area contributed by atoms with E-state index in [1.807, 2.05) is 49.1 Å². The van der Waals surface area contributed by atoms with Crippen LogP contribution in [-0.2, 0) is 25.7 Å². The van der Waals surface area contributed by atoms with Crippen LogP contribution >= 0.6 is 0 Å². The first-order chi connectivity index (χ1) is 14.0. The maximum absolute atomic E-state index is 13.6. The minimum absolute atomic E-state index is 0.0726. The molecule has 0 bridgehead atoms. The third-order valence-corrected chi connectivity index (χ3v) is 6.68. The summed E-state index contributed by atoms with van der Waals surface area (Å²) in [4.78, 5) is 30.9. The second kappa shape index (κ2) is 8.44. The van der Waals surface area contributed by atoms with Gasteiger partial charge in [-0.2, -0.15) is 0 Å². The van der Waals surface area contributed by atoms with Crippen LogP contribution in [0.3, 0.4) is 0 Å². The normalized spacial score (nSPS) is 26.7. The molecule has 1 amide bonds. The molecule has 3 heterocycles. The van der Waals surface area contributed by atoms with Crippen molar-refractivity contribution < 1.29 is 19.1 Å². The van der Waals surface area contributed by atoms with E-state index in [1.165, 1.54) is 0 Å². The average Bonchev–Trinajstić information content (AvgIpc) is 3.07. The van der Waals surface area contributed by atoms with Crippen LogP contribution in [-0.4, -0.2) is 65.6 Å². The molecule has 0 aliphatic carbocycles. The number of carbonyl (C=O) groups excluding carboxylic acids is 2. The van der Waals surface area contributed by atoms with E-state index in [4.69, 9.17) is 9.47 Å². The van der Waals surface area contributed by atoms with Gasteiger partial charge in [0.1, 0.15) is 18.2 Å². The number of likely N-dealkylation sites (tertiary alicyclic amines) is 2. The van der Waals surface area contributed by atoms with Crippen molar-refractivity contribution in [2.45, 2.75) is 63.8 Å². The zero-order chi connectivity index (χ0) is 20.4. The lowest BCUT2D eigenvalue weighted by molar-refractivity contribution is -0.169. The van der Waals surface area contributed by atoms with E-state index in [2.05, 4.69) is 4.90 Å². The molecule has 3 aliphatic heterocycles. The number of nitrogens with zero attached hydrogens (tertiary/aromatic N) is 2. The van der Waals surface area contributed by atoms with Crippen molar-refractivity contribution in [1.29, 1.82) is 0 Å². The summed E-state index contributed by atoms with van der Waals surface area (Å²) in [6.07, 6.45) is 3.56.